The number of esters is 2. The van der Waals surface area contributed by atoms with Crippen molar-refractivity contribution in [3.05, 3.63) is 12.2 Å². The zero-order valence-corrected chi connectivity index (χ0v) is 18.0. The molecule has 0 aliphatic heterocycles. The zero-order chi connectivity index (χ0) is 21.5. The van der Waals surface area contributed by atoms with Gasteiger partial charge in [-0.15, -0.1) is 0 Å². The van der Waals surface area contributed by atoms with Crippen LogP contribution < -0.4 is 0 Å². The Morgan fingerprint density at radius 3 is 1.25 bits per heavy atom. The SMILES string of the molecule is CC(=O)O.CCCCCCCCOC(=O)C=CC(=O)OCCCCCCCC. The lowest BCUT2D eigenvalue weighted by Crippen LogP contribution is -2.06. The fourth-order valence-corrected chi connectivity index (χ4v) is 2.34. The topological polar surface area (TPSA) is 89.9 Å². The summed E-state index contributed by atoms with van der Waals surface area (Å²) in [7, 11) is 0. The zero-order valence-electron chi connectivity index (χ0n) is 18.0. The van der Waals surface area contributed by atoms with Crippen molar-refractivity contribution in [2.45, 2.75) is 97.8 Å². The number of hydrogen-bond acceptors (Lipinski definition) is 5. The molecule has 0 atom stereocenters. The van der Waals surface area contributed by atoms with Crippen LogP contribution in [0.4, 0.5) is 0 Å². The van der Waals surface area contributed by atoms with Crippen molar-refractivity contribution >= 4 is 17.9 Å². The minimum atomic E-state index is -0.833. The monoisotopic (exact) mass is 400 g/mol. The summed E-state index contributed by atoms with van der Waals surface area (Å²) in [6.07, 6.45) is 16.1. The molecule has 1 N–H and O–H groups in total. The Bertz CT molecular complexity index is 381. The van der Waals surface area contributed by atoms with Gasteiger partial charge < -0.3 is 14.6 Å². The van der Waals surface area contributed by atoms with E-state index < -0.39 is 17.9 Å². The molecule has 0 aromatic rings. The lowest BCUT2D eigenvalue weighted by Gasteiger charge is -2.03. The summed E-state index contributed by atoms with van der Waals surface area (Å²) in [6, 6.07) is 0. The van der Waals surface area contributed by atoms with Crippen LogP contribution in [0.1, 0.15) is 97.8 Å². The summed E-state index contributed by atoms with van der Waals surface area (Å²) in [5.41, 5.74) is 0. The summed E-state index contributed by atoms with van der Waals surface area (Å²) in [5.74, 6) is -1.78. The van der Waals surface area contributed by atoms with Crippen LogP contribution >= 0.6 is 0 Å². The Morgan fingerprint density at radius 1 is 0.643 bits per heavy atom. The first-order valence-electron chi connectivity index (χ1n) is 10.6. The minimum absolute atomic E-state index is 0.419. The number of ether oxygens (including phenoxy) is 2. The molecule has 0 saturated heterocycles. The molecular formula is C22H40O6. The van der Waals surface area contributed by atoms with Gasteiger partial charge in [0.05, 0.1) is 13.2 Å². The average molecular weight is 401 g/mol. The van der Waals surface area contributed by atoms with Crippen LogP contribution in [0.5, 0.6) is 0 Å². The normalized spacial score (nSPS) is 10.2. The van der Waals surface area contributed by atoms with Gasteiger partial charge in [0.1, 0.15) is 0 Å². The van der Waals surface area contributed by atoms with Crippen LogP contribution in [0.15, 0.2) is 12.2 Å². The van der Waals surface area contributed by atoms with Crippen molar-refractivity contribution in [1.82, 2.24) is 0 Å². The summed E-state index contributed by atoms with van der Waals surface area (Å²) in [4.78, 5) is 31.9. The van der Waals surface area contributed by atoms with Crippen LogP contribution in [0.2, 0.25) is 0 Å². The number of unbranched alkanes of at least 4 members (excludes halogenated alkanes) is 10. The minimum Gasteiger partial charge on any atom is -0.481 e. The van der Waals surface area contributed by atoms with E-state index in [0.29, 0.717) is 13.2 Å². The molecule has 0 unspecified atom stereocenters. The van der Waals surface area contributed by atoms with E-state index in [4.69, 9.17) is 19.4 Å². The van der Waals surface area contributed by atoms with Gasteiger partial charge in [0.2, 0.25) is 0 Å². The number of carbonyl (C=O) groups is 3. The van der Waals surface area contributed by atoms with E-state index in [1.165, 1.54) is 51.4 Å². The third kappa shape index (κ3) is 28.9. The predicted molar refractivity (Wildman–Crippen MR) is 111 cm³/mol. The number of carboxylic acid groups (broad SMARTS) is 1. The Morgan fingerprint density at radius 2 is 0.929 bits per heavy atom. The van der Waals surface area contributed by atoms with E-state index in [9.17, 15) is 9.59 Å². The van der Waals surface area contributed by atoms with Gasteiger partial charge >= 0.3 is 11.9 Å². The molecule has 0 saturated carbocycles. The van der Waals surface area contributed by atoms with Crippen molar-refractivity contribution in [2.75, 3.05) is 13.2 Å². The third-order valence-corrected chi connectivity index (χ3v) is 3.84. The van der Waals surface area contributed by atoms with E-state index in [1.807, 2.05) is 0 Å². The Kier molecular flexibility index (Phi) is 23.5. The van der Waals surface area contributed by atoms with E-state index in [0.717, 1.165) is 44.8 Å². The number of rotatable bonds is 16. The molecule has 0 radical (unpaired) electrons. The van der Waals surface area contributed by atoms with Gasteiger partial charge in [0.25, 0.3) is 5.97 Å². The number of carbonyl (C=O) groups excluding carboxylic acids is 2. The molecule has 0 bridgehead atoms. The van der Waals surface area contributed by atoms with Crippen LogP contribution in [0.25, 0.3) is 0 Å². The fourth-order valence-electron chi connectivity index (χ4n) is 2.34. The second kappa shape index (κ2) is 23.2. The van der Waals surface area contributed by atoms with Gasteiger partial charge in [0, 0.05) is 19.1 Å². The molecule has 28 heavy (non-hydrogen) atoms. The van der Waals surface area contributed by atoms with Gasteiger partial charge in [-0.1, -0.05) is 78.1 Å². The second-order valence-corrected chi connectivity index (χ2v) is 6.72. The molecule has 0 aliphatic carbocycles. The Hall–Kier alpha value is -1.85. The standard InChI is InChI=1S/C20H36O4.C2H4O2/c1-3-5-7-9-11-13-17-23-19(21)15-16-20(22)24-18-14-12-10-8-6-4-2;1-2(3)4/h15-16H,3-14,17-18H2,1-2H3;1H3,(H,3,4). The fraction of sp³-hybridized carbons (Fsp3) is 0.773. The second-order valence-electron chi connectivity index (χ2n) is 6.72. The first kappa shape index (κ1) is 28.4. The van der Waals surface area contributed by atoms with Crippen molar-refractivity contribution in [3.8, 4) is 0 Å². The highest BCUT2D eigenvalue weighted by Crippen LogP contribution is 2.06. The molecule has 6 nitrogen and oxygen atoms in total. The van der Waals surface area contributed by atoms with Crippen molar-refractivity contribution in [2.24, 2.45) is 0 Å². The number of aliphatic carboxylic acids is 1. The highest BCUT2D eigenvalue weighted by molar-refractivity contribution is 5.91. The van der Waals surface area contributed by atoms with E-state index in [1.54, 1.807) is 0 Å². The van der Waals surface area contributed by atoms with Crippen LogP contribution in [-0.2, 0) is 23.9 Å². The predicted octanol–water partition coefficient (Wildman–Crippen LogP) is 5.44. The van der Waals surface area contributed by atoms with Gasteiger partial charge in [-0.2, -0.15) is 0 Å². The molecule has 0 heterocycles. The highest BCUT2D eigenvalue weighted by atomic mass is 16.5. The molecule has 0 spiro atoms. The molecule has 0 amide bonds. The average Bonchev–Trinajstić information content (AvgIpc) is 2.64. The largest absolute Gasteiger partial charge is 0.481 e. The van der Waals surface area contributed by atoms with Crippen LogP contribution in [0.3, 0.4) is 0 Å². The Labute approximate surface area is 170 Å². The van der Waals surface area contributed by atoms with Crippen molar-refractivity contribution in [1.29, 1.82) is 0 Å². The highest BCUT2D eigenvalue weighted by Gasteiger charge is 2.01. The van der Waals surface area contributed by atoms with Gasteiger partial charge in [0.15, 0.2) is 0 Å². The van der Waals surface area contributed by atoms with Gasteiger partial charge in [-0.3, -0.25) is 4.79 Å². The Balaban J connectivity index is 0. The summed E-state index contributed by atoms with van der Waals surface area (Å²) < 4.78 is 10.1. The maximum Gasteiger partial charge on any atom is 0.331 e. The van der Waals surface area contributed by atoms with Gasteiger partial charge in [-0.05, 0) is 12.8 Å². The summed E-state index contributed by atoms with van der Waals surface area (Å²) in [5, 5.41) is 7.42. The molecule has 0 aromatic carbocycles. The molecule has 0 rings (SSSR count). The first-order chi connectivity index (χ1) is 13.4. The quantitative estimate of drug-likeness (QED) is 0.211. The molecule has 0 fully saturated rings. The van der Waals surface area contributed by atoms with E-state index in [2.05, 4.69) is 13.8 Å². The van der Waals surface area contributed by atoms with E-state index >= 15 is 0 Å². The lowest BCUT2D eigenvalue weighted by atomic mass is 10.1. The molecular weight excluding hydrogens is 360 g/mol. The summed E-state index contributed by atoms with van der Waals surface area (Å²) in [6.45, 7) is 6.30. The molecule has 0 aromatic heterocycles. The lowest BCUT2D eigenvalue weighted by molar-refractivity contribution is -0.140. The van der Waals surface area contributed by atoms with Crippen LogP contribution in [0, 0.1) is 0 Å². The first-order valence-corrected chi connectivity index (χ1v) is 10.6. The molecule has 6 heteroatoms. The molecule has 0 aliphatic rings. The van der Waals surface area contributed by atoms with E-state index in [-0.39, 0.29) is 0 Å². The molecule has 164 valence electrons. The summed E-state index contributed by atoms with van der Waals surface area (Å²) >= 11 is 0. The third-order valence-electron chi connectivity index (χ3n) is 3.84. The van der Waals surface area contributed by atoms with Crippen LogP contribution in [-0.4, -0.2) is 36.2 Å². The maximum absolute atomic E-state index is 11.4. The van der Waals surface area contributed by atoms with Crippen molar-refractivity contribution in [3.63, 3.8) is 0 Å². The number of hydrogen-bond donors (Lipinski definition) is 1. The maximum atomic E-state index is 11.4. The van der Waals surface area contributed by atoms with Crippen molar-refractivity contribution < 1.29 is 29.0 Å². The smallest absolute Gasteiger partial charge is 0.331 e. The van der Waals surface area contributed by atoms with Gasteiger partial charge in [-0.25, -0.2) is 9.59 Å². The number of carboxylic acids is 1.